The van der Waals surface area contributed by atoms with Crippen molar-refractivity contribution in [1.82, 2.24) is 24.8 Å². The number of thiazole rings is 1. The van der Waals surface area contributed by atoms with Gasteiger partial charge in [-0.15, -0.1) is 22.7 Å². The molecule has 0 fully saturated rings. The quantitative estimate of drug-likeness (QED) is 0.571. The van der Waals surface area contributed by atoms with Crippen molar-refractivity contribution in [2.45, 2.75) is 19.4 Å². The molecule has 9 heteroatoms. The van der Waals surface area contributed by atoms with Gasteiger partial charge in [-0.05, 0) is 11.4 Å². The molecule has 0 bridgehead atoms. The molecule has 122 valence electrons. The fourth-order valence-electron chi connectivity index (χ4n) is 2.27. The van der Waals surface area contributed by atoms with Gasteiger partial charge >= 0.3 is 0 Å². The number of nitrogens with zero attached hydrogens (tertiary/aromatic N) is 4. The summed E-state index contributed by atoms with van der Waals surface area (Å²) in [6.45, 7) is 0.221. The summed E-state index contributed by atoms with van der Waals surface area (Å²) < 4.78 is 7.07. The molecule has 4 aromatic rings. The normalized spacial score (nSPS) is 11.2. The number of amides is 1. The van der Waals surface area contributed by atoms with Gasteiger partial charge in [0, 0.05) is 29.1 Å². The van der Waals surface area contributed by atoms with Gasteiger partial charge in [0.05, 0.1) is 18.7 Å². The van der Waals surface area contributed by atoms with Crippen LogP contribution >= 0.6 is 22.7 Å². The summed E-state index contributed by atoms with van der Waals surface area (Å²) in [4.78, 5) is 22.7. The second-order valence-electron chi connectivity index (χ2n) is 5.14. The van der Waals surface area contributed by atoms with E-state index in [0.29, 0.717) is 18.1 Å². The molecule has 0 saturated carbocycles. The molecule has 0 aliphatic rings. The average molecular weight is 359 g/mol. The molecule has 0 atom stereocenters. The van der Waals surface area contributed by atoms with E-state index in [0.717, 1.165) is 10.7 Å². The molecule has 0 spiro atoms. The number of nitrogens with one attached hydrogen (secondary N) is 1. The minimum absolute atomic E-state index is 0.126. The number of carbonyl (C=O) groups excluding carboxylic acids is 1. The van der Waals surface area contributed by atoms with E-state index in [1.807, 2.05) is 39.7 Å². The third-order valence-corrected chi connectivity index (χ3v) is 4.99. The van der Waals surface area contributed by atoms with Crippen molar-refractivity contribution in [2.75, 3.05) is 0 Å². The lowest BCUT2D eigenvalue weighted by Gasteiger charge is -1.99. The highest BCUT2D eigenvalue weighted by Gasteiger charge is 2.11. The van der Waals surface area contributed by atoms with Crippen molar-refractivity contribution in [3.05, 3.63) is 57.6 Å². The molecular weight excluding hydrogens is 346 g/mol. The van der Waals surface area contributed by atoms with Gasteiger partial charge in [-0.3, -0.25) is 9.20 Å². The number of fused-ring (bicyclic) bond motifs is 1. The number of carbonyl (C=O) groups is 1. The summed E-state index contributed by atoms with van der Waals surface area (Å²) in [6.07, 6.45) is 4.64. The number of hydrogen-bond donors (Lipinski definition) is 1. The first kappa shape index (κ1) is 15.0. The lowest BCUT2D eigenvalue weighted by molar-refractivity contribution is -0.120. The molecule has 24 heavy (non-hydrogen) atoms. The van der Waals surface area contributed by atoms with Crippen LogP contribution in [0.1, 0.15) is 22.3 Å². The summed E-state index contributed by atoms with van der Waals surface area (Å²) in [5, 5.41) is 10.7. The Bertz CT molecular complexity index is 925. The van der Waals surface area contributed by atoms with Gasteiger partial charge in [-0.25, -0.2) is 4.98 Å². The summed E-state index contributed by atoms with van der Waals surface area (Å²) in [5.41, 5.74) is 0.739. The second-order valence-corrected chi connectivity index (χ2v) is 7.04. The van der Waals surface area contributed by atoms with E-state index in [9.17, 15) is 4.79 Å². The standard InChI is InChI=1S/C15H13N5O2S2/c21-13(6-10-9-20-3-5-24-15(20)17-10)16-8-14-18-12(19-22-14)7-11-2-1-4-23-11/h1-5,9H,6-8H2,(H,16,21). The number of thiophene rings is 1. The third kappa shape index (κ3) is 3.36. The molecule has 4 heterocycles. The van der Waals surface area contributed by atoms with Crippen LogP contribution in [0.25, 0.3) is 4.96 Å². The van der Waals surface area contributed by atoms with Crippen molar-refractivity contribution >= 4 is 33.5 Å². The summed E-state index contributed by atoms with van der Waals surface area (Å²) >= 11 is 3.19. The SMILES string of the molecule is O=C(Cc1cn2ccsc2n1)NCc1nc(Cc2cccs2)no1. The molecule has 0 unspecified atom stereocenters. The fourth-order valence-corrected chi connectivity index (χ4v) is 3.69. The van der Waals surface area contributed by atoms with Crippen molar-refractivity contribution in [3.8, 4) is 0 Å². The number of rotatable bonds is 6. The highest BCUT2D eigenvalue weighted by Crippen LogP contribution is 2.13. The van der Waals surface area contributed by atoms with Crippen molar-refractivity contribution in [2.24, 2.45) is 0 Å². The fraction of sp³-hybridized carbons (Fsp3) is 0.200. The molecular formula is C15H13N5O2S2. The molecule has 0 aliphatic carbocycles. The first-order valence-electron chi connectivity index (χ1n) is 7.28. The molecule has 1 amide bonds. The van der Waals surface area contributed by atoms with Crippen molar-refractivity contribution < 1.29 is 9.32 Å². The Morgan fingerprint density at radius 2 is 2.25 bits per heavy atom. The van der Waals surface area contributed by atoms with E-state index in [1.54, 1.807) is 11.3 Å². The summed E-state index contributed by atoms with van der Waals surface area (Å²) in [5.74, 6) is 0.899. The largest absolute Gasteiger partial charge is 0.347 e. The Labute approximate surface area is 145 Å². The van der Waals surface area contributed by atoms with Crippen LogP contribution in [0.2, 0.25) is 0 Å². The van der Waals surface area contributed by atoms with E-state index >= 15 is 0 Å². The number of imidazole rings is 1. The molecule has 0 radical (unpaired) electrons. The van der Waals surface area contributed by atoms with Gasteiger partial charge in [0.25, 0.3) is 0 Å². The minimum atomic E-state index is -0.126. The van der Waals surface area contributed by atoms with Gasteiger partial charge in [0.1, 0.15) is 0 Å². The Morgan fingerprint density at radius 1 is 1.29 bits per heavy atom. The lowest BCUT2D eigenvalue weighted by Crippen LogP contribution is -2.24. The van der Waals surface area contributed by atoms with Gasteiger partial charge in [0.15, 0.2) is 10.8 Å². The van der Waals surface area contributed by atoms with Crippen LogP contribution in [0.4, 0.5) is 0 Å². The van der Waals surface area contributed by atoms with E-state index in [-0.39, 0.29) is 18.9 Å². The van der Waals surface area contributed by atoms with Crippen molar-refractivity contribution in [1.29, 1.82) is 0 Å². The average Bonchev–Trinajstić information content (AvgIpc) is 3.29. The van der Waals surface area contributed by atoms with E-state index in [2.05, 4.69) is 20.4 Å². The molecule has 4 rings (SSSR count). The van der Waals surface area contributed by atoms with E-state index in [4.69, 9.17) is 4.52 Å². The highest BCUT2D eigenvalue weighted by atomic mass is 32.1. The zero-order chi connectivity index (χ0) is 16.4. The van der Waals surface area contributed by atoms with Crippen LogP contribution in [0.3, 0.4) is 0 Å². The Kier molecular flexibility index (Phi) is 4.09. The number of hydrogen-bond acceptors (Lipinski definition) is 7. The van der Waals surface area contributed by atoms with E-state index in [1.165, 1.54) is 16.2 Å². The first-order valence-corrected chi connectivity index (χ1v) is 9.04. The van der Waals surface area contributed by atoms with Gasteiger partial charge in [0.2, 0.25) is 11.8 Å². The third-order valence-electron chi connectivity index (χ3n) is 3.34. The molecule has 4 aromatic heterocycles. The van der Waals surface area contributed by atoms with E-state index < -0.39 is 0 Å². The van der Waals surface area contributed by atoms with Crippen LogP contribution in [-0.4, -0.2) is 25.4 Å². The zero-order valence-corrected chi connectivity index (χ0v) is 14.1. The predicted octanol–water partition coefficient (Wildman–Crippen LogP) is 2.29. The predicted molar refractivity (Wildman–Crippen MR) is 90.0 cm³/mol. The monoisotopic (exact) mass is 359 g/mol. The van der Waals surface area contributed by atoms with Gasteiger partial charge in [-0.2, -0.15) is 4.98 Å². The molecule has 1 N–H and O–H groups in total. The maximum absolute atomic E-state index is 12.0. The first-order chi connectivity index (χ1) is 11.8. The highest BCUT2D eigenvalue weighted by molar-refractivity contribution is 7.15. The lowest BCUT2D eigenvalue weighted by atomic mass is 10.3. The maximum atomic E-state index is 12.0. The smallest absolute Gasteiger partial charge is 0.246 e. The van der Waals surface area contributed by atoms with Crippen LogP contribution in [0.5, 0.6) is 0 Å². The summed E-state index contributed by atoms with van der Waals surface area (Å²) in [6, 6.07) is 4.01. The van der Waals surface area contributed by atoms with Crippen LogP contribution in [-0.2, 0) is 24.2 Å². The van der Waals surface area contributed by atoms with Gasteiger partial charge < -0.3 is 9.84 Å². The molecule has 0 saturated heterocycles. The van der Waals surface area contributed by atoms with Crippen LogP contribution in [0.15, 0.2) is 39.8 Å². The Morgan fingerprint density at radius 3 is 3.08 bits per heavy atom. The topological polar surface area (TPSA) is 85.3 Å². The molecule has 0 aliphatic heterocycles. The zero-order valence-electron chi connectivity index (χ0n) is 12.5. The Hall–Kier alpha value is -2.52. The molecule has 7 nitrogen and oxygen atoms in total. The maximum Gasteiger partial charge on any atom is 0.246 e. The van der Waals surface area contributed by atoms with Crippen LogP contribution in [0, 0.1) is 0 Å². The number of aromatic nitrogens is 4. The Balaban J connectivity index is 1.30. The molecule has 0 aromatic carbocycles. The minimum Gasteiger partial charge on any atom is -0.347 e. The summed E-state index contributed by atoms with van der Waals surface area (Å²) in [7, 11) is 0. The van der Waals surface area contributed by atoms with Gasteiger partial charge in [-0.1, -0.05) is 11.2 Å². The second kappa shape index (κ2) is 6.54. The van der Waals surface area contributed by atoms with Crippen LogP contribution < -0.4 is 5.32 Å². The van der Waals surface area contributed by atoms with Crippen molar-refractivity contribution in [3.63, 3.8) is 0 Å².